The number of aliphatic hydroxyl groups is 1. The van der Waals surface area contributed by atoms with Crippen molar-refractivity contribution in [2.75, 3.05) is 6.54 Å². The first-order valence-electron chi connectivity index (χ1n) is 11.6. The number of alkyl halides is 3. The second-order valence-corrected chi connectivity index (χ2v) is 10.3. The van der Waals surface area contributed by atoms with E-state index >= 15 is 0 Å². The van der Waals surface area contributed by atoms with Crippen molar-refractivity contribution in [2.45, 2.75) is 49.7 Å². The predicted molar refractivity (Wildman–Crippen MR) is 131 cm³/mol. The van der Waals surface area contributed by atoms with Gasteiger partial charge in [-0.3, -0.25) is 0 Å². The molecule has 0 radical (unpaired) electrons. The van der Waals surface area contributed by atoms with Crippen molar-refractivity contribution < 1.29 is 40.2 Å². The highest BCUT2D eigenvalue weighted by atomic mass is 32.2. The first-order valence-corrected chi connectivity index (χ1v) is 13.1. The van der Waals surface area contributed by atoms with E-state index in [0.29, 0.717) is 12.6 Å². The molecule has 0 saturated heterocycles. The van der Waals surface area contributed by atoms with Gasteiger partial charge >= 0.3 is 6.36 Å². The molecule has 3 aromatic rings. The Kier molecular flexibility index (Phi) is 9.82. The standard InChI is InChI=1S/C26H27F5N2O4S/c1-2-17-6-5-7-18(10-17)15-32-16-23(34)22(13-19-11-20(27)14-21(28)12-19)33-38(35,36)25-9-4-3-8-24(25)37-26(29,30)31/h3-12,14,22-23,32-34H,2,13,15-16H2,1H3. The van der Waals surface area contributed by atoms with Gasteiger partial charge in [-0.25, -0.2) is 21.9 Å². The number of rotatable bonds is 12. The molecule has 12 heteroatoms. The highest BCUT2D eigenvalue weighted by molar-refractivity contribution is 7.89. The van der Waals surface area contributed by atoms with Crippen LogP contribution < -0.4 is 14.8 Å². The van der Waals surface area contributed by atoms with Crippen molar-refractivity contribution >= 4 is 10.0 Å². The maximum absolute atomic E-state index is 13.8. The number of aryl methyl sites for hydroxylation is 1. The van der Waals surface area contributed by atoms with Crippen LogP contribution in [0.5, 0.6) is 5.75 Å². The fourth-order valence-corrected chi connectivity index (χ4v) is 5.25. The van der Waals surface area contributed by atoms with Gasteiger partial charge in [0.25, 0.3) is 0 Å². The van der Waals surface area contributed by atoms with Crippen molar-refractivity contribution in [1.29, 1.82) is 0 Å². The zero-order valence-corrected chi connectivity index (χ0v) is 21.1. The number of nitrogens with one attached hydrogen (secondary N) is 2. The van der Waals surface area contributed by atoms with Gasteiger partial charge in [-0.1, -0.05) is 43.3 Å². The third-order valence-corrected chi connectivity index (χ3v) is 7.12. The summed E-state index contributed by atoms with van der Waals surface area (Å²) < 4.78 is 98.3. The SMILES string of the molecule is CCc1cccc(CNCC(O)C(Cc2cc(F)cc(F)c2)NS(=O)(=O)c2ccccc2OC(F)(F)F)c1. The highest BCUT2D eigenvalue weighted by Gasteiger charge is 2.35. The van der Waals surface area contributed by atoms with Gasteiger partial charge in [-0.15, -0.1) is 13.2 Å². The number of ether oxygens (including phenoxy) is 1. The number of sulfonamides is 1. The Hall–Kier alpha value is -3.06. The topological polar surface area (TPSA) is 87.7 Å². The largest absolute Gasteiger partial charge is 0.573 e. The third-order valence-electron chi connectivity index (χ3n) is 5.60. The first-order chi connectivity index (χ1) is 17.9. The van der Waals surface area contributed by atoms with Crippen LogP contribution in [0.2, 0.25) is 0 Å². The molecule has 0 heterocycles. The lowest BCUT2D eigenvalue weighted by molar-refractivity contribution is -0.275. The monoisotopic (exact) mass is 558 g/mol. The van der Waals surface area contributed by atoms with Crippen LogP contribution >= 0.6 is 0 Å². The zero-order chi connectivity index (χ0) is 27.9. The van der Waals surface area contributed by atoms with E-state index in [1.54, 1.807) is 0 Å². The molecule has 0 aliphatic rings. The van der Waals surface area contributed by atoms with Crippen LogP contribution in [-0.4, -0.2) is 38.6 Å². The molecule has 0 aromatic heterocycles. The van der Waals surface area contributed by atoms with Crippen LogP contribution in [0, 0.1) is 11.6 Å². The number of halogens is 5. The van der Waals surface area contributed by atoms with Gasteiger partial charge in [0, 0.05) is 19.2 Å². The molecular formula is C26H27F5N2O4S. The summed E-state index contributed by atoms with van der Waals surface area (Å²) in [6.45, 7) is 2.20. The van der Waals surface area contributed by atoms with Crippen LogP contribution in [0.15, 0.2) is 71.6 Å². The van der Waals surface area contributed by atoms with Gasteiger partial charge in [-0.2, -0.15) is 0 Å². The van der Waals surface area contributed by atoms with E-state index < -0.39 is 50.8 Å². The molecule has 0 aliphatic carbocycles. The fraction of sp³-hybridized carbons (Fsp3) is 0.308. The lowest BCUT2D eigenvalue weighted by Gasteiger charge is -2.25. The fourth-order valence-electron chi connectivity index (χ4n) is 3.85. The summed E-state index contributed by atoms with van der Waals surface area (Å²) in [7, 11) is -4.68. The minimum atomic E-state index is -5.15. The van der Waals surface area contributed by atoms with E-state index in [1.807, 2.05) is 31.2 Å². The number of aliphatic hydroxyl groups excluding tert-OH is 1. The molecule has 0 amide bonds. The van der Waals surface area contributed by atoms with Crippen LogP contribution in [0.25, 0.3) is 0 Å². The van der Waals surface area contributed by atoms with E-state index in [1.165, 1.54) is 12.1 Å². The molecule has 2 unspecified atom stereocenters. The maximum atomic E-state index is 13.8. The van der Waals surface area contributed by atoms with Crippen molar-refractivity contribution in [3.63, 3.8) is 0 Å². The average molecular weight is 559 g/mol. The molecule has 2 atom stereocenters. The number of para-hydroxylation sites is 1. The van der Waals surface area contributed by atoms with E-state index in [-0.39, 0.29) is 18.5 Å². The third kappa shape index (κ3) is 8.76. The summed E-state index contributed by atoms with van der Waals surface area (Å²) in [6, 6.07) is 13.0. The summed E-state index contributed by atoms with van der Waals surface area (Å²) in [4.78, 5) is -0.815. The number of hydrogen-bond donors (Lipinski definition) is 3. The Balaban J connectivity index is 1.83. The van der Waals surface area contributed by atoms with Crippen LogP contribution in [-0.2, 0) is 29.4 Å². The van der Waals surface area contributed by atoms with Gasteiger partial charge in [0.1, 0.15) is 22.3 Å². The molecule has 0 fully saturated rings. The highest BCUT2D eigenvalue weighted by Crippen LogP contribution is 2.29. The molecule has 38 heavy (non-hydrogen) atoms. The van der Waals surface area contributed by atoms with Gasteiger partial charge in [0.2, 0.25) is 10.0 Å². The van der Waals surface area contributed by atoms with Crippen molar-refractivity contribution in [3.05, 3.63) is 95.1 Å². The Morgan fingerprint density at radius 3 is 2.24 bits per heavy atom. The minimum absolute atomic E-state index is 0.0322. The van der Waals surface area contributed by atoms with Crippen LogP contribution in [0.3, 0.4) is 0 Å². The molecule has 3 rings (SSSR count). The minimum Gasteiger partial charge on any atom is -0.404 e. The van der Waals surface area contributed by atoms with Crippen LogP contribution in [0.4, 0.5) is 22.0 Å². The second-order valence-electron chi connectivity index (χ2n) is 8.58. The lowest BCUT2D eigenvalue weighted by atomic mass is 10.0. The van der Waals surface area contributed by atoms with Gasteiger partial charge in [0.05, 0.1) is 12.1 Å². The molecule has 0 saturated carbocycles. The van der Waals surface area contributed by atoms with E-state index in [9.17, 15) is 35.5 Å². The molecule has 0 aliphatic heterocycles. The van der Waals surface area contributed by atoms with Gasteiger partial charge in [-0.05, 0) is 53.8 Å². The summed E-state index contributed by atoms with van der Waals surface area (Å²) in [5.41, 5.74) is 2.05. The molecule has 3 N–H and O–H groups in total. The first kappa shape index (κ1) is 29.5. The predicted octanol–water partition coefficient (Wildman–Crippen LogP) is 4.47. The molecule has 3 aromatic carbocycles. The van der Waals surface area contributed by atoms with Crippen molar-refractivity contribution in [3.8, 4) is 5.75 Å². The number of hydrogen-bond acceptors (Lipinski definition) is 5. The van der Waals surface area contributed by atoms with E-state index in [4.69, 9.17) is 0 Å². The summed E-state index contributed by atoms with van der Waals surface area (Å²) in [5.74, 6) is -2.78. The molecule has 0 bridgehead atoms. The maximum Gasteiger partial charge on any atom is 0.573 e. The van der Waals surface area contributed by atoms with E-state index in [2.05, 4.69) is 14.8 Å². The molecule has 0 spiro atoms. The lowest BCUT2D eigenvalue weighted by Crippen LogP contribution is -2.48. The average Bonchev–Trinajstić information content (AvgIpc) is 2.82. The molecular weight excluding hydrogens is 531 g/mol. The summed E-state index contributed by atoms with van der Waals surface area (Å²) in [5, 5.41) is 13.9. The van der Waals surface area contributed by atoms with Gasteiger partial charge < -0.3 is 15.2 Å². The van der Waals surface area contributed by atoms with Crippen molar-refractivity contribution in [2.24, 2.45) is 0 Å². The normalized spacial score (nSPS) is 13.8. The Labute approximate surface area is 217 Å². The Bertz CT molecular complexity index is 1310. The summed E-state index contributed by atoms with van der Waals surface area (Å²) in [6.07, 6.45) is -6.11. The van der Waals surface area contributed by atoms with E-state index in [0.717, 1.165) is 41.8 Å². The quantitative estimate of drug-likeness (QED) is 0.286. The second kappa shape index (κ2) is 12.7. The summed E-state index contributed by atoms with van der Waals surface area (Å²) >= 11 is 0. The van der Waals surface area contributed by atoms with Crippen molar-refractivity contribution in [1.82, 2.24) is 10.0 Å². The van der Waals surface area contributed by atoms with Gasteiger partial charge in [0.15, 0.2) is 0 Å². The number of benzene rings is 3. The Morgan fingerprint density at radius 2 is 1.58 bits per heavy atom. The molecule has 206 valence electrons. The molecule has 6 nitrogen and oxygen atoms in total. The van der Waals surface area contributed by atoms with Crippen LogP contribution in [0.1, 0.15) is 23.6 Å². The zero-order valence-electron chi connectivity index (χ0n) is 20.3. The Morgan fingerprint density at radius 1 is 0.921 bits per heavy atom. The smallest absolute Gasteiger partial charge is 0.404 e.